The van der Waals surface area contributed by atoms with E-state index in [0.29, 0.717) is 28.9 Å². The van der Waals surface area contributed by atoms with Crippen LogP contribution in [0, 0.1) is 5.92 Å². The number of fused-ring (bicyclic) bond motifs is 1. The van der Waals surface area contributed by atoms with Crippen molar-refractivity contribution in [2.45, 2.75) is 25.5 Å². The number of nitrogens with zero attached hydrogens (tertiary/aromatic N) is 2. The number of rotatable bonds is 5. The van der Waals surface area contributed by atoms with Gasteiger partial charge in [0, 0.05) is 23.8 Å². The minimum atomic E-state index is -1.43. The van der Waals surface area contributed by atoms with E-state index in [2.05, 4.69) is 15.6 Å². The van der Waals surface area contributed by atoms with E-state index in [1.54, 1.807) is 48.8 Å². The third kappa shape index (κ3) is 4.35. The molecular weight excluding hydrogens is 411 g/mol. The first-order valence-corrected chi connectivity index (χ1v) is 9.41. The normalized spacial score (nSPS) is 20.3. The van der Waals surface area contributed by atoms with Crippen molar-refractivity contribution < 1.29 is 54.2 Å². The predicted octanol–water partition coefficient (Wildman–Crippen LogP) is -2.20. The number of carboxylic acid groups (broad SMARTS) is 1. The fourth-order valence-corrected chi connectivity index (χ4v) is 4.00. The molecule has 0 unspecified atom stereocenters. The summed E-state index contributed by atoms with van der Waals surface area (Å²) in [5, 5.41) is 26.9. The SMILES string of the molecule is C[C@@H](O)[C@H]1C(=O)N2C(C(=O)[O-])=C(c3ccc(NC(=O)Nc4ccncc4)cc3)C[C@H]12.[Na+]. The van der Waals surface area contributed by atoms with E-state index >= 15 is 0 Å². The molecule has 154 valence electrons. The van der Waals surface area contributed by atoms with Gasteiger partial charge >= 0.3 is 35.6 Å². The first-order chi connectivity index (χ1) is 14.4. The molecule has 3 heterocycles. The van der Waals surface area contributed by atoms with Crippen molar-refractivity contribution >= 4 is 34.9 Å². The van der Waals surface area contributed by atoms with Crippen LogP contribution in [0.3, 0.4) is 0 Å². The summed E-state index contributed by atoms with van der Waals surface area (Å²) in [4.78, 5) is 41.1. The topological polar surface area (TPSA) is 135 Å². The number of β-lactam (4-membered cyclic amide) rings is 1. The Morgan fingerprint density at radius 2 is 1.71 bits per heavy atom. The number of urea groups is 1. The Morgan fingerprint density at radius 1 is 1.13 bits per heavy atom. The van der Waals surface area contributed by atoms with Crippen LogP contribution in [0.5, 0.6) is 0 Å². The smallest absolute Gasteiger partial charge is 0.543 e. The number of aliphatic hydroxyl groups is 1. The number of carboxylic acids is 1. The summed E-state index contributed by atoms with van der Waals surface area (Å²) in [6.07, 6.45) is 2.58. The zero-order valence-corrected chi connectivity index (χ0v) is 19.0. The number of pyridine rings is 1. The molecule has 0 aliphatic carbocycles. The van der Waals surface area contributed by atoms with Crippen LogP contribution in [-0.2, 0) is 9.59 Å². The van der Waals surface area contributed by atoms with Gasteiger partial charge in [-0.1, -0.05) is 12.1 Å². The molecule has 10 heteroatoms. The van der Waals surface area contributed by atoms with E-state index in [-0.39, 0.29) is 41.3 Å². The first-order valence-electron chi connectivity index (χ1n) is 9.41. The van der Waals surface area contributed by atoms with Crippen molar-refractivity contribution in [2.24, 2.45) is 5.92 Å². The van der Waals surface area contributed by atoms with Gasteiger partial charge in [-0.2, -0.15) is 0 Å². The van der Waals surface area contributed by atoms with Gasteiger partial charge in [0.1, 0.15) is 0 Å². The maximum Gasteiger partial charge on any atom is 1.00 e. The number of nitrogens with one attached hydrogen (secondary N) is 2. The van der Waals surface area contributed by atoms with Gasteiger partial charge < -0.3 is 30.5 Å². The first kappa shape index (κ1) is 23.0. The van der Waals surface area contributed by atoms with Crippen molar-refractivity contribution in [3.8, 4) is 0 Å². The van der Waals surface area contributed by atoms with Crippen LogP contribution in [0.25, 0.3) is 5.57 Å². The molecule has 2 aliphatic rings. The van der Waals surface area contributed by atoms with Crippen LogP contribution in [0.1, 0.15) is 18.9 Å². The van der Waals surface area contributed by atoms with Gasteiger partial charge in [-0.15, -0.1) is 0 Å². The molecule has 3 N–H and O–H groups in total. The minimum absolute atomic E-state index is 0. The molecule has 31 heavy (non-hydrogen) atoms. The average molecular weight is 430 g/mol. The van der Waals surface area contributed by atoms with E-state index in [4.69, 9.17) is 0 Å². The third-order valence-electron chi connectivity index (χ3n) is 5.35. The number of aliphatic hydroxyl groups excluding tert-OH is 1. The molecule has 3 atom stereocenters. The number of aliphatic carboxylic acids is 1. The second-order valence-corrected chi connectivity index (χ2v) is 7.25. The molecule has 2 aliphatic heterocycles. The average Bonchev–Trinajstić information content (AvgIpc) is 3.04. The molecule has 0 bridgehead atoms. The maximum atomic E-state index is 12.3. The predicted molar refractivity (Wildman–Crippen MR) is 106 cm³/mol. The number of hydrogen-bond donors (Lipinski definition) is 3. The number of benzene rings is 1. The molecule has 2 aromatic rings. The fourth-order valence-electron chi connectivity index (χ4n) is 4.00. The molecule has 0 radical (unpaired) electrons. The molecule has 1 aromatic carbocycles. The van der Waals surface area contributed by atoms with Gasteiger partial charge in [0.25, 0.3) is 0 Å². The number of carbonyl (C=O) groups excluding carboxylic acids is 3. The zero-order valence-electron chi connectivity index (χ0n) is 17.0. The minimum Gasteiger partial charge on any atom is -0.543 e. The van der Waals surface area contributed by atoms with E-state index in [1.807, 2.05) is 0 Å². The van der Waals surface area contributed by atoms with Crippen molar-refractivity contribution in [1.82, 2.24) is 9.88 Å². The fraction of sp³-hybridized carbons (Fsp3) is 0.238. The molecule has 0 spiro atoms. The summed E-state index contributed by atoms with van der Waals surface area (Å²) < 4.78 is 0. The summed E-state index contributed by atoms with van der Waals surface area (Å²) in [7, 11) is 0. The Labute approximate surface area is 200 Å². The summed E-state index contributed by atoms with van der Waals surface area (Å²) >= 11 is 0. The van der Waals surface area contributed by atoms with E-state index in [9.17, 15) is 24.6 Å². The van der Waals surface area contributed by atoms with Crippen molar-refractivity contribution in [2.75, 3.05) is 10.6 Å². The van der Waals surface area contributed by atoms with Gasteiger partial charge in [0.2, 0.25) is 5.91 Å². The number of amides is 3. The van der Waals surface area contributed by atoms with Crippen molar-refractivity contribution in [1.29, 1.82) is 0 Å². The van der Waals surface area contributed by atoms with Gasteiger partial charge in [0.05, 0.1) is 29.7 Å². The summed E-state index contributed by atoms with van der Waals surface area (Å²) in [5.41, 5.74) is 2.04. The largest absolute Gasteiger partial charge is 1.00 e. The number of aromatic nitrogens is 1. The zero-order chi connectivity index (χ0) is 21.4. The summed E-state index contributed by atoms with van der Waals surface area (Å²) in [6, 6.07) is 9.13. The number of carbonyl (C=O) groups is 3. The Kier molecular flexibility index (Phi) is 6.80. The van der Waals surface area contributed by atoms with Gasteiger partial charge in [-0.05, 0) is 48.7 Å². The summed E-state index contributed by atoms with van der Waals surface area (Å²) in [6.45, 7) is 1.52. The van der Waals surface area contributed by atoms with E-state index in [1.165, 1.54) is 11.8 Å². The molecule has 1 saturated heterocycles. The molecule has 3 amide bonds. The Hall–Kier alpha value is -2.72. The van der Waals surface area contributed by atoms with Crippen molar-refractivity contribution in [3.63, 3.8) is 0 Å². The molecule has 4 rings (SSSR count). The standard InChI is InChI=1S/C21H20N4O5.Na/c1-11(26)17-16-10-15(18(20(28)29)25(16)19(17)27)12-2-4-13(5-3-12)23-21(30)24-14-6-8-22-9-7-14;/h2-9,11,16-17,26H,10H2,1H3,(H,28,29)(H2,22,23,24,30);/q;+1/p-1/t11-,16-,17-;/m1./s1. The van der Waals surface area contributed by atoms with E-state index in [0.717, 1.165) is 0 Å². The van der Waals surface area contributed by atoms with Gasteiger partial charge in [-0.3, -0.25) is 9.78 Å². The molecule has 1 aromatic heterocycles. The van der Waals surface area contributed by atoms with Crippen LogP contribution in [0.2, 0.25) is 0 Å². The molecule has 9 nitrogen and oxygen atoms in total. The summed E-state index contributed by atoms with van der Waals surface area (Å²) in [5.74, 6) is -2.45. The Morgan fingerprint density at radius 3 is 2.26 bits per heavy atom. The van der Waals surface area contributed by atoms with Crippen LogP contribution >= 0.6 is 0 Å². The molecule has 0 saturated carbocycles. The van der Waals surface area contributed by atoms with E-state index < -0.39 is 29.9 Å². The monoisotopic (exact) mass is 430 g/mol. The quantitative estimate of drug-likeness (QED) is 0.364. The van der Waals surface area contributed by atoms with Crippen LogP contribution < -0.4 is 45.3 Å². The Bertz CT molecular complexity index is 1040. The van der Waals surface area contributed by atoms with Crippen LogP contribution in [0.4, 0.5) is 16.2 Å². The molecular formula is C21H19N4NaO5. The van der Waals surface area contributed by atoms with Crippen LogP contribution in [-0.4, -0.2) is 45.0 Å². The Balaban J connectivity index is 0.00000272. The second kappa shape index (κ2) is 9.19. The molecule has 1 fully saturated rings. The maximum absolute atomic E-state index is 12.3. The van der Waals surface area contributed by atoms with Crippen LogP contribution in [0.15, 0.2) is 54.5 Å². The number of anilines is 2. The van der Waals surface area contributed by atoms with Crippen molar-refractivity contribution in [3.05, 3.63) is 60.1 Å². The second-order valence-electron chi connectivity index (χ2n) is 7.25. The number of hydrogen-bond acceptors (Lipinski definition) is 6. The van der Waals surface area contributed by atoms with Gasteiger partial charge in [0.15, 0.2) is 0 Å². The third-order valence-corrected chi connectivity index (χ3v) is 5.35. The van der Waals surface area contributed by atoms with Gasteiger partial charge in [-0.25, -0.2) is 4.79 Å².